The molecule has 0 saturated heterocycles. The van der Waals surface area contributed by atoms with E-state index in [0.29, 0.717) is 17.4 Å². The van der Waals surface area contributed by atoms with Gasteiger partial charge in [-0.3, -0.25) is 0 Å². The quantitative estimate of drug-likeness (QED) is 0.761. The molecule has 2 fully saturated rings. The fraction of sp³-hybridized carbons (Fsp3) is 0.435. The van der Waals surface area contributed by atoms with Crippen molar-refractivity contribution >= 4 is 0 Å². The lowest BCUT2D eigenvalue weighted by atomic mass is 9.68. The van der Waals surface area contributed by atoms with E-state index in [1.54, 1.807) is 0 Å². The second-order valence-electron chi connectivity index (χ2n) is 7.97. The van der Waals surface area contributed by atoms with E-state index in [1.807, 2.05) is 24.3 Å². The fourth-order valence-electron chi connectivity index (χ4n) is 4.18. The summed E-state index contributed by atoms with van der Waals surface area (Å²) in [7, 11) is 0. The van der Waals surface area contributed by atoms with E-state index < -0.39 is 0 Å². The summed E-state index contributed by atoms with van der Waals surface area (Å²) in [4.78, 5) is 0. The molecule has 2 saturated carbocycles. The van der Waals surface area contributed by atoms with Gasteiger partial charge >= 0.3 is 0 Å². The van der Waals surface area contributed by atoms with Crippen molar-refractivity contribution in [2.45, 2.75) is 44.2 Å². The molecule has 1 unspecified atom stereocenters. The topological polar surface area (TPSA) is 47.9 Å². The minimum absolute atomic E-state index is 0.394. The van der Waals surface area contributed by atoms with Gasteiger partial charge in [0, 0.05) is 31.6 Å². The first-order valence-corrected chi connectivity index (χ1v) is 9.77. The van der Waals surface area contributed by atoms with E-state index >= 15 is 0 Å². The zero-order chi connectivity index (χ0) is 17.8. The first-order valence-electron chi connectivity index (χ1n) is 9.77. The average Bonchev–Trinajstić information content (AvgIpc) is 3.44. The zero-order valence-corrected chi connectivity index (χ0v) is 15.2. The molecule has 26 heavy (non-hydrogen) atoms. The van der Waals surface area contributed by atoms with Crippen LogP contribution in [0, 0.1) is 16.7 Å². The summed E-state index contributed by atoms with van der Waals surface area (Å²) in [5, 5.41) is 16.7. The molecule has 0 aromatic heterocycles. The van der Waals surface area contributed by atoms with Crippen LogP contribution in [-0.2, 0) is 6.54 Å². The maximum atomic E-state index is 9.22. The lowest BCUT2D eigenvalue weighted by Gasteiger charge is -2.42. The number of hydrogen-bond acceptors (Lipinski definition) is 3. The molecule has 0 aliphatic heterocycles. The van der Waals surface area contributed by atoms with Crippen molar-refractivity contribution in [1.82, 2.24) is 10.6 Å². The van der Waals surface area contributed by atoms with Gasteiger partial charge < -0.3 is 10.6 Å². The normalized spacial score (nSPS) is 23.0. The van der Waals surface area contributed by atoms with Gasteiger partial charge in [0.1, 0.15) is 0 Å². The lowest BCUT2D eigenvalue weighted by molar-refractivity contribution is 0.126. The Morgan fingerprint density at radius 2 is 1.77 bits per heavy atom. The minimum atomic E-state index is 0.394. The van der Waals surface area contributed by atoms with Crippen molar-refractivity contribution in [2.24, 2.45) is 5.41 Å². The van der Waals surface area contributed by atoms with Crippen LogP contribution in [0.2, 0.25) is 0 Å². The van der Waals surface area contributed by atoms with Gasteiger partial charge in [0.25, 0.3) is 0 Å². The van der Waals surface area contributed by atoms with Crippen LogP contribution in [0.3, 0.4) is 0 Å². The Morgan fingerprint density at radius 3 is 2.50 bits per heavy atom. The Kier molecular flexibility index (Phi) is 5.06. The van der Waals surface area contributed by atoms with Crippen LogP contribution in [0.15, 0.2) is 54.6 Å². The van der Waals surface area contributed by atoms with E-state index in [4.69, 9.17) is 0 Å². The largest absolute Gasteiger partial charge is 0.313 e. The van der Waals surface area contributed by atoms with Gasteiger partial charge in [-0.1, -0.05) is 55.0 Å². The van der Waals surface area contributed by atoms with Crippen LogP contribution in [0.1, 0.15) is 48.3 Å². The van der Waals surface area contributed by atoms with Gasteiger partial charge in [-0.2, -0.15) is 5.26 Å². The highest BCUT2D eigenvalue weighted by Gasteiger charge is 2.42. The first kappa shape index (κ1) is 17.3. The molecule has 2 aromatic rings. The monoisotopic (exact) mass is 345 g/mol. The minimum Gasteiger partial charge on any atom is -0.313 e. The van der Waals surface area contributed by atoms with Crippen LogP contribution in [0.4, 0.5) is 0 Å². The lowest BCUT2D eigenvalue weighted by Crippen LogP contribution is -2.47. The molecule has 0 amide bonds. The summed E-state index contributed by atoms with van der Waals surface area (Å²) in [5.41, 5.74) is 3.75. The van der Waals surface area contributed by atoms with E-state index in [2.05, 4.69) is 47.0 Å². The third-order valence-electron chi connectivity index (χ3n) is 6.12. The summed E-state index contributed by atoms with van der Waals surface area (Å²) >= 11 is 0. The highest BCUT2D eigenvalue weighted by molar-refractivity contribution is 5.37. The molecule has 2 aromatic carbocycles. The summed E-state index contributed by atoms with van der Waals surface area (Å²) in [6, 6.07) is 21.7. The first-order chi connectivity index (χ1) is 12.8. The van der Waals surface area contributed by atoms with Gasteiger partial charge in [-0.25, -0.2) is 0 Å². The second kappa shape index (κ2) is 7.61. The third-order valence-corrected chi connectivity index (χ3v) is 6.12. The van der Waals surface area contributed by atoms with E-state index in [0.717, 1.165) is 30.8 Å². The SMILES string of the molecule is N#Cc1ccccc1CNCC1(CN[C@H]2CC2c2ccccc2)CCC1. The van der Waals surface area contributed by atoms with Crippen molar-refractivity contribution in [3.63, 3.8) is 0 Å². The van der Waals surface area contributed by atoms with Crippen LogP contribution < -0.4 is 10.6 Å². The van der Waals surface area contributed by atoms with Gasteiger partial charge in [-0.15, -0.1) is 0 Å². The maximum absolute atomic E-state index is 9.22. The summed E-state index contributed by atoms with van der Waals surface area (Å²) < 4.78 is 0. The number of rotatable bonds is 8. The molecule has 3 nitrogen and oxygen atoms in total. The highest BCUT2D eigenvalue weighted by atomic mass is 15.0. The van der Waals surface area contributed by atoms with E-state index in [9.17, 15) is 5.26 Å². The number of hydrogen-bond donors (Lipinski definition) is 2. The van der Waals surface area contributed by atoms with Crippen LogP contribution in [-0.4, -0.2) is 19.1 Å². The van der Waals surface area contributed by atoms with Gasteiger partial charge in [0.2, 0.25) is 0 Å². The summed E-state index contributed by atoms with van der Waals surface area (Å²) in [5.74, 6) is 0.698. The maximum Gasteiger partial charge on any atom is 0.0995 e. The van der Waals surface area contributed by atoms with Crippen molar-refractivity contribution in [1.29, 1.82) is 5.26 Å². The second-order valence-corrected chi connectivity index (χ2v) is 7.97. The Balaban J connectivity index is 1.25. The molecule has 2 N–H and O–H groups in total. The van der Waals surface area contributed by atoms with Crippen molar-refractivity contribution < 1.29 is 0 Å². The molecule has 2 atom stereocenters. The van der Waals surface area contributed by atoms with Crippen LogP contribution >= 0.6 is 0 Å². The predicted octanol–water partition coefficient (Wildman–Crippen LogP) is 3.96. The fourth-order valence-corrected chi connectivity index (χ4v) is 4.18. The molecule has 0 radical (unpaired) electrons. The zero-order valence-electron chi connectivity index (χ0n) is 15.2. The number of benzene rings is 2. The van der Waals surface area contributed by atoms with Gasteiger partial charge in [0.15, 0.2) is 0 Å². The molecule has 0 heterocycles. The third kappa shape index (κ3) is 3.82. The number of nitriles is 1. The summed E-state index contributed by atoms with van der Waals surface area (Å²) in [6.07, 6.45) is 5.21. The Labute approximate surface area is 156 Å². The van der Waals surface area contributed by atoms with Crippen molar-refractivity contribution in [2.75, 3.05) is 13.1 Å². The number of nitrogens with one attached hydrogen (secondary N) is 2. The molecule has 3 heteroatoms. The molecule has 2 aliphatic rings. The Morgan fingerprint density at radius 1 is 1.00 bits per heavy atom. The molecule has 2 aliphatic carbocycles. The van der Waals surface area contributed by atoms with Crippen LogP contribution in [0.5, 0.6) is 0 Å². The molecule has 0 spiro atoms. The number of nitrogens with zero attached hydrogens (tertiary/aromatic N) is 1. The average molecular weight is 345 g/mol. The molecular formula is C23H27N3. The predicted molar refractivity (Wildman–Crippen MR) is 105 cm³/mol. The smallest absolute Gasteiger partial charge is 0.0995 e. The molecule has 134 valence electrons. The Bertz CT molecular complexity index is 774. The van der Waals surface area contributed by atoms with Crippen molar-refractivity contribution in [3.8, 4) is 6.07 Å². The molecular weight excluding hydrogens is 318 g/mol. The highest BCUT2D eigenvalue weighted by Crippen LogP contribution is 2.44. The Hall–Kier alpha value is -2.15. The van der Waals surface area contributed by atoms with E-state index in [1.165, 1.54) is 31.2 Å². The van der Waals surface area contributed by atoms with Gasteiger partial charge in [0.05, 0.1) is 11.6 Å². The van der Waals surface area contributed by atoms with Crippen molar-refractivity contribution in [3.05, 3.63) is 71.3 Å². The van der Waals surface area contributed by atoms with Crippen LogP contribution in [0.25, 0.3) is 0 Å². The molecule has 0 bridgehead atoms. The molecule has 4 rings (SSSR count). The summed E-state index contributed by atoms with van der Waals surface area (Å²) in [6.45, 7) is 2.91. The van der Waals surface area contributed by atoms with E-state index in [-0.39, 0.29) is 0 Å². The van der Waals surface area contributed by atoms with Gasteiger partial charge in [-0.05, 0) is 41.9 Å². The standard InChI is InChI=1S/C23H27N3/c24-14-19-9-4-5-10-20(19)15-25-16-23(11-6-12-23)17-26-22-13-21(22)18-7-2-1-3-8-18/h1-5,7-10,21-22,25-26H,6,11-13,15-17H2/t21?,22-/m0/s1.